The molecule has 1 aromatic heterocycles. The van der Waals surface area contributed by atoms with Gasteiger partial charge in [-0.15, -0.1) is 0 Å². The zero-order chi connectivity index (χ0) is 26.8. The third-order valence-corrected chi connectivity index (χ3v) is 8.00. The van der Waals surface area contributed by atoms with Gasteiger partial charge >= 0.3 is 12.0 Å². The Morgan fingerprint density at radius 2 is 1.62 bits per heavy atom. The molecule has 7 heteroatoms. The zero-order valence-electron chi connectivity index (χ0n) is 21.8. The number of carboxylic acid groups (broad SMARTS) is 1. The van der Waals surface area contributed by atoms with E-state index in [2.05, 4.69) is 51.2 Å². The second-order valence-electron chi connectivity index (χ2n) is 10.5. The molecule has 1 atom stereocenters. The Bertz CT molecular complexity index is 1470. The van der Waals surface area contributed by atoms with Crippen LogP contribution < -0.4 is 0 Å². The molecule has 2 aliphatic heterocycles. The Hall–Kier alpha value is -4.23. The molecule has 39 heavy (non-hydrogen) atoms. The van der Waals surface area contributed by atoms with Gasteiger partial charge < -0.3 is 14.9 Å². The van der Waals surface area contributed by atoms with E-state index in [1.807, 2.05) is 35.4 Å². The van der Waals surface area contributed by atoms with Gasteiger partial charge in [-0.2, -0.15) is 0 Å². The molecule has 7 nitrogen and oxygen atoms in total. The van der Waals surface area contributed by atoms with Crippen molar-refractivity contribution in [1.29, 1.82) is 0 Å². The van der Waals surface area contributed by atoms with E-state index in [9.17, 15) is 14.7 Å². The average Bonchev–Trinajstić information content (AvgIpc) is 3.29. The van der Waals surface area contributed by atoms with Crippen LogP contribution in [0.2, 0.25) is 0 Å². The summed E-state index contributed by atoms with van der Waals surface area (Å²) in [5, 5.41) is 10.4. The first kappa shape index (κ1) is 25.1. The molecule has 2 saturated heterocycles. The van der Waals surface area contributed by atoms with E-state index in [0.717, 1.165) is 54.5 Å². The van der Waals surface area contributed by atoms with Crippen molar-refractivity contribution in [2.45, 2.75) is 38.0 Å². The maximum atomic E-state index is 13.8. The number of benzene rings is 3. The van der Waals surface area contributed by atoms with E-state index in [-0.39, 0.29) is 23.7 Å². The number of likely N-dealkylation sites (tertiary alicyclic amines) is 1. The van der Waals surface area contributed by atoms with Crippen LogP contribution >= 0.6 is 0 Å². The number of carboxylic acids is 1. The highest BCUT2D eigenvalue weighted by molar-refractivity contribution is 5.87. The Morgan fingerprint density at radius 1 is 0.872 bits per heavy atom. The molecule has 2 fully saturated rings. The lowest BCUT2D eigenvalue weighted by atomic mass is 9.98. The molecule has 2 aliphatic rings. The van der Waals surface area contributed by atoms with Gasteiger partial charge in [0.05, 0.1) is 17.1 Å². The highest BCUT2D eigenvalue weighted by Gasteiger charge is 2.42. The van der Waals surface area contributed by atoms with Crippen molar-refractivity contribution in [3.8, 4) is 0 Å². The van der Waals surface area contributed by atoms with Crippen molar-refractivity contribution in [3.05, 3.63) is 113 Å². The summed E-state index contributed by atoms with van der Waals surface area (Å²) in [6.45, 7) is 3.87. The minimum Gasteiger partial charge on any atom is -0.478 e. The van der Waals surface area contributed by atoms with Crippen LogP contribution in [0.25, 0.3) is 10.9 Å². The number of nitrogens with zero attached hydrogens (tertiary/aromatic N) is 4. The second-order valence-corrected chi connectivity index (χ2v) is 10.5. The number of urea groups is 1. The summed E-state index contributed by atoms with van der Waals surface area (Å²) in [5.41, 5.74) is 4.64. The zero-order valence-corrected chi connectivity index (χ0v) is 21.8. The number of carbonyl (C=O) groups is 2. The van der Waals surface area contributed by atoms with Crippen LogP contribution in [0.1, 0.15) is 45.9 Å². The normalized spacial score (nSPS) is 18.7. The number of aromatic carboxylic acids is 1. The van der Waals surface area contributed by atoms with Crippen LogP contribution in [0.3, 0.4) is 0 Å². The molecule has 0 aliphatic carbocycles. The van der Waals surface area contributed by atoms with Gasteiger partial charge in [0.2, 0.25) is 0 Å². The van der Waals surface area contributed by atoms with Crippen molar-refractivity contribution >= 4 is 22.9 Å². The molecule has 0 spiro atoms. The first-order valence-electron chi connectivity index (χ1n) is 13.6. The molecule has 0 bridgehead atoms. The Balaban J connectivity index is 1.15. The SMILES string of the molecule is O=C(O)c1ccc(CN2CC(c3ccccc3)N(C3CCN(Cc4ccc5ncccc5c4)CC3)C2=O)cc1. The van der Waals surface area contributed by atoms with Crippen molar-refractivity contribution in [2.75, 3.05) is 19.6 Å². The number of piperidine rings is 1. The summed E-state index contributed by atoms with van der Waals surface area (Å²) in [6.07, 6.45) is 3.70. The van der Waals surface area contributed by atoms with E-state index in [4.69, 9.17) is 0 Å². The first-order chi connectivity index (χ1) is 19.0. The number of pyridine rings is 1. The minimum absolute atomic E-state index is 0.00142. The molecule has 0 saturated carbocycles. The molecular formula is C32H32N4O3. The standard InChI is InChI=1S/C32H32N4O3/c37-31(38)26-11-8-23(9-12-26)21-35-22-30(25-5-2-1-3-6-25)36(32(35)39)28-14-17-34(18-15-28)20-24-10-13-29-27(19-24)7-4-16-33-29/h1-13,16,19,28,30H,14-15,17-18,20-22H2,(H,37,38). The summed E-state index contributed by atoms with van der Waals surface area (Å²) in [5.74, 6) is -0.946. The van der Waals surface area contributed by atoms with Gasteiger partial charge in [-0.25, -0.2) is 9.59 Å². The predicted octanol–water partition coefficient (Wildman–Crippen LogP) is 5.58. The average molecular weight is 521 g/mol. The molecule has 1 unspecified atom stereocenters. The lowest BCUT2D eigenvalue weighted by Crippen LogP contribution is -2.47. The molecule has 1 N–H and O–H groups in total. The molecule has 3 heterocycles. The molecule has 4 aromatic rings. The smallest absolute Gasteiger partial charge is 0.335 e. The van der Waals surface area contributed by atoms with Crippen molar-refractivity contribution < 1.29 is 14.7 Å². The molecule has 6 rings (SSSR count). The Labute approximate surface area is 228 Å². The van der Waals surface area contributed by atoms with Crippen LogP contribution in [0.5, 0.6) is 0 Å². The third-order valence-electron chi connectivity index (χ3n) is 8.00. The number of amides is 2. The summed E-state index contributed by atoms with van der Waals surface area (Å²) in [7, 11) is 0. The van der Waals surface area contributed by atoms with E-state index >= 15 is 0 Å². The fourth-order valence-corrected chi connectivity index (χ4v) is 5.97. The van der Waals surface area contributed by atoms with E-state index in [1.165, 1.54) is 5.56 Å². The number of hydrogen-bond acceptors (Lipinski definition) is 4. The molecule has 3 aromatic carbocycles. The fraction of sp³-hybridized carbons (Fsp3) is 0.281. The quantitative estimate of drug-likeness (QED) is 0.344. The van der Waals surface area contributed by atoms with Gasteiger partial charge in [0, 0.05) is 50.3 Å². The van der Waals surface area contributed by atoms with Crippen LogP contribution in [-0.4, -0.2) is 62.5 Å². The predicted molar refractivity (Wildman–Crippen MR) is 150 cm³/mol. The monoisotopic (exact) mass is 520 g/mol. The third kappa shape index (κ3) is 5.36. The minimum atomic E-state index is -0.946. The fourth-order valence-electron chi connectivity index (χ4n) is 5.97. The van der Waals surface area contributed by atoms with E-state index < -0.39 is 5.97 Å². The largest absolute Gasteiger partial charge is 0.478 e. The summed E-state index contributed by atoms with van der Waals surface area (Å²) < 4.78 is 0. The van der Waals surface area contributed by atoms with E-state index in [1.54, 1.807) is 24.3 Å². The van der Waals surface area contributed by atoms with Crippen molar-refractivity contribution in [2.24, 2.45) is 0 Å². The highest BCUT2D eigenvalue weighted by atomic mass is 16.4. The molecular weight excluding hydrogens is 488 g/mol. The van der Waals surface area contributed by atoms with Crippen LogP contribution in [0.4, 0.5) is 4.79 Å². The van der Waals surface area contributed by atoms with Crippen molar-refractivity contribution in [1.82, 2.24) is 19.7 Å². The summed E-state index contributed by atoms with van der Waals surface area (Å²) in [6, 6.07) is 27.9. The van der Waals surface area contributed by atoms with Gasteiger partial charge in [0.25, 0.3) is 0 Å². The van der Waals surface area contributed by atoms with Gasteiger partial charge in [0.15, 0.2) is 0 Å². The summed E-state index contributed by atoms with van der Waals surface area (Å²) >= 11 is 0. The maximum Gasteiger partial charge on any atom is 0.335 e. The van der Waals surface area contributed by atoms with Crippen LogP contribution in [0, 0.1) is 0 Å². The topological polar surface area (TPSA) is 77.0 Å². The number of rotatable bonds is 7. The van der Waals surface area contributed by atoms with Crippen molar-refractivity contribution in [3.63, 3.8) is 0 Å². The second kappa shape index (κ2) is 10.9. The molecule has 198 valence electrons. The van der Waals surface area contributed by atoms with E-state index in [0.29, 0.717) is 13.1 Å². The number of hydrogen-bond donors (Lipinski definition) is 1. The molecule has 0 radical (unpaired) electrons. The summed E-state index contributed by atoms with van der Waals surface area (Å²) in [4.78, 5) is 36.0. The lowest BCUT2D eigenvalue weighted by molar-refractivity contribution is 0.0696. The van der Waals surface area contributed by atoms with Gasteiger partial charge in [-0.05, 0) is 59.9 Å². The van der Waals surface area contributed by atoms with Gasteiger partial charge in [-0.3, -0.25) is 9.88 Å². The van der Waals surface area contributed by atoms with Crippen LogP contribution in [-0.2, 0) is 13.1 Å². The number of fused-ring (bicyclic) bond motifs is 1. The molecule has 2 amide bonds. The maximum absolute atomic E-state index is 13.8. The van der Waals surface area contributed by atoms with Crippen LogP contribution in [0.15, 0.2) is 91.1 Å². The lowest BCUT2D eigenvalue weighted by Gasteiger charge is -2.39. The Kier molecular flexibility index (Phi) is 6.99. The highest BCUT2D eigenvalue weighted by Crippen LogP contribution is 2.35. The Morgan fingerprint density at radius 3 is 2.36 bits per heavy atom. The number of carbonyl (C=O) groups excluding carboxylic acids is 1. The first-order valence-corrected chi connectivity index (χ1v) is 13.6. The van der Waals surface area contributed by atoms with Gasteiger partial charge in [0.1, 0.15) is 0 Å². The number of aromatic nitrogens is 1. The van der Waals surface area contributed by atoms with Gasteiger partial charge in [-0.1, -0.05) is 54.6 Å².